The van der Waals surface area contributed by atoms with Crippen molar-refractivity contribution in [3.05, 3.63) is 34.9 Å². The molecular weight excluding hydrogens is 198 g/mol. The van der Waals surface area contributed by atoms with Crippen LogP contribution >= 0.6 is 11.6 Å². The molecule has 0 bridgehead atoms. The molecule has 1 aromatic carbocycles. The molecule has 14 heavy (non-hydrogen) atoms. The maximum atomic E-state index is 9.19. The molecular formula is C11H14ClNO. The fourth-order valence-electron chi connectivity index (χ4n) is 2.04. The second-order valence-electron chi connectivity index (χ2n) is 3.72. The van der Waals surface area contributed by atoms with Crippen LogP contribution in [0.15, 0.2) is 24.3 Å². The zero-order valence-corrected chi connectivity index (χ0v) is 8.67. The number of hydrogen-bond acceptors (Lipinski definition) is 2. The van der Waals surface area contributed by atoms with Crippen molar-refractivity contribution in [2.24, 2.45) is 5.92 Å². The fourth-order valence-corrected chi connectivity index (χ4v) is 2.24. The Morgan fingerprint density at radius 2 is 2.36 bits per heavy atom. The van der Waals surface area contributed by atoms with E-state index in [1.54, 1.807) is 0 Å². The molecule has 0 aliphatic carbocycles. The fraction of sp³-hybridized carbons (Fsp3) is 0.455. The van der Waals surface area contributed by atoms with Crippen molar-refractivity contribution in [3.8, 4) is 0 Å². The maximum Gasteiger partial charge on any atom is 0.0477 e. The molecule has 0 spiro atoms. The Kier molecular flexibility index (Phi) is 3.06. The third-order valence-corrected chi connectivity index (χ3v) is 3.03. The zero-order valence-electron chi connectivity index (χ0n) is 7.91. The van der Waals surface area contributed by atoms with Crippen molar-refractivity contribution in [2.45, 2.75) is 12.5 Å². The molecule has 76 valence electrons. The van der Waals surface area contributed by atoms with Gasteiger partial charge < -0.3 is 10.4 Å². The van der Waals surface area contributed by atoms with Gasteiger partial charge in [0.2, 0.25) is 0 Å². The molecule has 1 heterocycles. The summed E-state index contributed by atoms with van der Waals surface area (Å²) in [5.41, 5.74) is 1.18. The van der Waals surface area contributed by atoms with Crippen molar-refractivity contribution >= 4 is 11.6 Å². The molecule has 0 aromatic heterocycles. The van der Waals surface area contributed by atoms with E-state index in [9.17, 15) is 5.11 Å². The molecule has 2 unspecified atom stereocenters. The van der Waals surface area contributed by atoms with Crippen molar-refractivity contribution in [1.29, 1.82) is 0 Å². The minimum Gasteiger partial charge on any atom is -0.396 e. The minimum atomic E-state index is 0.240. The topological polar surface area (TPSA) is 32.3 Å². The van der Waals surface area contributed by atoms with Gasteiger partial charge in [0, 0.05) is 23.6 Å². The number of rotatable bonds is 2. The molecule has 3 heteroatoms. The second-order valence-corrected chi connectivity index (χ2v) is 4.15. The van der Waals surface area contributed by atoms with Crippen molar-refractivity contribution < 1.29 is 5.11 Å². The van der Waals surface area contributed by atoms with Gasteiger partial charge in [0.25, 0.3) is 0 Å². The second kappa shape index (κ2) is 4.30. The van der Waals surface area contributed by atoms with E-state index in [0.29, 0.717) is 5.92 Å². The SMILES string of the molecule is OCC1CCNC1c1cccc(Cl)c1. The number of aliphatic hydroxyl groups is 1. The van der Waals surface area contributed by atoms with Crippen molar-refractivity contribution in [1.82, 2.24) is 5.32 Å². The Morgan fingerprint density at radius 1 is 1.50 bits per heavy atom. The molecule has 1 aliphatic rings. The summed E-state index contributed by atoms with van der Waals surface area (Å²) in [5.74, 6) is 0.327. The van der Waals surface area contributed by atoms with Gasteiger partial charge in [-0.15, -0.1) is 0 Å². The summed E-state index contributed by atoms with van der Waals surface area (Å²) < 4.78 is 0. The molecule has 1 aliphatic heterocycles. The highest BCUT2D eigenvalue weighted by atomic mass is 35.5. The average molecular weight is 212 g/mol. The van der Waals surface area contributed by atoms with Gasteiger partial charge in [-0.25, -0.2) is 0 Å². The maximum absolute atomic E-state index is 9.19. The molecule has 2 N–H and O–H groups in total. The lowest BCUT2D eigenvalue weighted by Gasteiger charge is -2.17. The first-order valence-corrected chi connectivity index (χ1v) is 5.29. The van der Waals surface area contributed by atoms with Gasteiger partial charge in [0.1, 0.15) is 0 Å². The van der Waals surface area contributed by atoms with E-state index in [0.717, 1.165) is 18.0 Å². The third kappa shape index (κ3) is 1.92. The van der Waals surface area contributed by atoms with E-state index < -0.39 is 0 Å². The molecule has 1 saturated heterocycles. The Morgan fingerprint density at radius 3 is 3.07 bits per heavy atom. The van der Waals surface area contributed by atoms with Crippen LogP contribution in [-0.2, 0) is 0 Å². The Labute approximate surface area is 88.9 Å². The molecule has 2 atom stereocenters. The van der Waals surface area contributed by atoms with Crippen LogP contribution in [0.25, 0.3) is 0 Å². The first kappa shape index (κ1) is 9.97. The summed E-state index contributed by atoms with van der Waals surface area (Å²) in [5, 5.41) is 13.3. The van der Waals surface area contributed by atoms with Crippen LogP contribution in [0.5, 0.6) is 0 Å². The van der Waals surface area contributed by atoms with Crippen LogP contribution in [0.3, 0.4) is 0 Å². The lowest BCUT2D eigenvalue weighted by Crippen LogP contribution is -2.19. The molecule has 2 rings (SSSR count). The first-order valence-electron chi connectivity index (χ1n) is 4.91. The first-order chi connectivity index (χ1) is 6.81. The van der Waals surface area contributed by atoms with Crippen LogP contribution in [0.2, 0.25) is 5.02 Å². The van der Waals surface area contributed by atoms with Gasteiger partial charge in [-0.1, -0.05) is 23.7 Å². The highest BCUT2D eigenvalue weighted by Crippen LogP contribution is 2.30. The van der Waals surface area contributed by atoms with E-state index >= 15 is 0 Å². The predicted octanol–water partition coefficient (Wildman–Crippen LogP) is 1.98. The Balaban J connectivity index is 2.21. The van der Waals surface area contributed by atoms with Gasteiger partial charge >= 0.3 is 0 Å². The largest absolute Gasteiger partial charge is 0.396 e. The summed E-state index contributed by atoms with van der Waals surface area (Å²) in [6.45, 7) is 1.21. The lowest BCUT2D eigenvalue weighted by molar-refractivity contribution is 0.214. The van der Waals surface area contributed by atoms with Gasteiger partial charge in [-0.05, 0) is 30.7 Å². The van der Waals surface area contributed by atoms with E-state index in [1.165, 1.54) is 5.56 Å². The Hall–Kier alpha value is -0.570. The van der Waals surface area contributed by atoms with Crippen LogP contribution in [0, 0.1) is 5.92 Å². The molecule has 1 aromatic rings. The standard InChI is InChI=1S/C11H14ClNO/c12-10-3-1-2-8(6-10)11-9(7-14)4-5-13-11/h1-3,6,9,11,13-14H,4-5,7H2. The van der Waals surface area contributed by atoms with Gasteiger partial charge in [0.05, 0.1) is 0 Å². The highest BCUT2D eigenvalue weighted by molar-refractivity contribution is 6.30. The predicted molar refractivity (Wildman–Crippen MR) is 57.4 cm³/mol. The smallest absolute Gasteiger partial charge is 0.0477 e. The van der Waals surface area contributed by atoms with Crippen LogP contribution in [0.4, 0.5) is 0 Å². The van der Waals surface area contributed by atoms with E-state index in [-0.39, 0.29) is 12.6 Å². The van der Waals surface area contributed by atoms with Crippen molar-refractivity contribution in [2.75, 3.05) is 13.2 Å². The normalized spacial score (nSPS) is 26.7. The molecule has 0 radical (unpaired) electrons. The number of nitrogens with one attached hydrogen (secondary N) is 1. The minimum absolute atomic E-state index is 0.240. The molecule has 0 saturated carbocycles. The quantitative estimate of drug-likeness (QED) is 0.784. The van der Waals surface area contributed by atoms with E-state index in [2.05, 4.69) is 11.4 Å². The van der Waals surface area contributed by atoms with E-state index in [1.807, 2.05) is 18.2 Å². The third-order valence-electron chi connectivity index (χ3n) is 2.79. The monoisotopic (exact) mass is 211 g/mol. The Bertz CT molecular complexity index is 316. The summed E-state index contributed by atoms with van der Waals surface area (Å²) in [6, 6.07) is 8.10. The van der Waals surface area contributed by atoms with Gasteiger partial charge in [-0.3, -0.25) is 0 Å². The van der Waals surface area contributed by atoms with Crippen LogP contribution in [-0.4, -0.2) is 18.3 Å². The molecule has 0 amide bonds. The highest BCUT2D eigenvalue weighted by Gasteiger charge is 2.27. The molecule has 2 nitrogen and oxygen atoms in total. The molecule has 1 fully saturated rings. The number of benzene rings is 1. The number of halogens is 1. The van der Waals surface area contributed by atoms with Gasteiger partial charge in [0.15, 0.2) is 0 Å². The van der Waals surface area contributed by atoms with E-state index in [4.69, 9.17) is 11.6 Å². The zero-order chi connectivity index (χ0) is 9.97. The van der Waals surface area contributed by atoms with Gasteiger partial charge in [-0.2, -0.15) is 0 Å². The number of hydrogen-bond donors (Lipinski definition) is 2. The summed E-state index contributed by atoms with van der Waals surface area (Å²) in [7, 11) is 0. The summed E-state index contributed by atoms with van der Waals surface area (Å²) >= 11 is 5.92. The summed E-state index contributed by atoms with van der Waals surface area (Å²) in [6.07, 6.45) is 1.04. The van der Waals surface area contributed by atoms with Crippen LogP contribution in [0.1, 0.15) is 18.0 Å². The average Bonchev–Trinajstić information content (AvgIpc) is 2.65. The van der Waals surface area contributed by atoms with Crippen molar-refractivity contribution in [3.63, 3.8) is 0 Å². The van der Waals surface area contributed by atoms with Crippen LogP contribution < -0.4 is 5.32 Å². The number of aliphatic hydroxyl groups excluding tert-OH is 1. The summed E-state index contributed by atoms with van der Waals surface area (Å²) in [4.78, 5) is 0. The lowest BCUT2D eigenvalue weighted by atomic mass is 9.95.